The van der Waals surface area contributed by atoms with Crippen molar-refractivity contribution in [2.24, 2.45) is 0 Å². The van der Waals surface area contributed by atoms with E-state index in [1.54, 1.807) is 12.1 Å². The van der Waals surface area contributed by atoms with Crippen LogP contribution in [-0.4, -0.2) is 23.3 Å². The van der Waals surface area contributed by atoms with E-state index in [-0.39, 0.29) is 12.4 Å². The summed E-state index contributed by atoms with van der Waals surface area (Å²) in [7, 11) is 0. The van der Waals surface area contributed by atoms with E-state index in [0.717, 1.165) is 30.5 Å². The Morgan fingerprint density at radius 3 is 2.48 bits per heavy atom. The molecule has 0 amide bonds. The number of hydrogen-bond donors (Lipinski definition) is 3. The molecule has 0 aliphatic heterocycles. The van der Waals surface area contributed by atoms with Crippen molar-refractivity contribution in [1.29, 1.82) is 0 Å². The summed E-state index contributed by atoms with van der Waals surface area (Å²) in [6.45, 7) is 1.41. The van der Waals surface area contributed by atoms with Crippen molar-refractivity contribution >= 4 is 12.4 Å². The first-order valence-electron chi connectivity index (χ1n) is 6.97. The third kappa shape index (κ3) is 6.17. The van der Waals surface area contributed by atoms with Crippen molar-refractivity contribution in [1.82, 2.24) is 5.32 Å². The normalized spacial score (nSPS) is 11.7. The molecule has 0 saturated carbocycles. The monoisotopic (exact) mass is 307 g/mol. The van der Waals surface area contributed by atoms with Crippen LogP contribution in [0.5, 0.6) is 5.75 Å². The second kappa shape index (κ2) is 9.40. The van der Waals surface area contributed by atoms with E-state index in [0.29, 0.717) is 12.3 Å². The van der Waals surface area contributed by atoms with Crippen molar-refractivity contribution in [3.63, 3.8) is 0 Å². The number of aromatic hydroxyl groups is 1. The lowest BCUT2D eigenvalue weighted by molar-refractivity contribution is 0.175. The Hall–Kier alpha value is -1.55. The Balaban J connectivity index is 0.00000220. The fraction of sp³-hybridized carbons (Fsp3) is 0.294. The number of halogens is 1. The third-order valence-corrected chi connectivity index (χ3v) is 3.25. The van der Waals surface area contributed by atoms with Crippen molar-refractivity contribution in [3.05, 3.63) is 65.7 Å². The van der Waals surface area contributed by atoms with E-state index in [1.807, 2.05) is 42.5 Å². The molecular weight excluding hydrogens is 286 g/mol. The maximum Gasteiger partial charge on any atom is 0.115 e. The largest absolute Gasteiger partial charge is 0.508 e. The molecule has 2 rings (SSSR count). The second-order valence-corrected chi connectivity index (χ2v) is 4.90. The van der Waals surface area contributed by atoms with E-state index in [9.17, 15) is 10.2 Å². The summed E-state index contributed by atoms with van der Waals surface area (Å²) in [6, 6.07) is 17.0. The Kier molecular flexibility index (Phi) is 7.83. The zero-order chi connectivity index (χ0) is 14.2. The Bertz CT molecular complexity index is 519. The summed E-state index contributed by atoms with van der Waals surface area (Å²) in [5.74, 6) is 0.315. The van der Waals surface area contributed by atoms with Crippen LogP contribution in [0.4, 0.5) is 0 Å². The van der Waals surface area contributed by atoms with E-state index < -0.39 is 6.10 Å². The summed E-state index contributed by atoms with van der Waals surface area (Å²) in [5.41, 5.74) is 2.07. The van der Waals surface area contributed by atoms with Gasteiger partial charge in [-0.25, -0.2) is 0 Å². The molecule has 3 N–H and O–H groups in total. The number of benzene rings is 2. The molecule has 21 heavy (non-hydrogen) atoms. The Morgan fingerprint density at radius 1 is 1.00 bits per heavy atom. The number of phenolic OH excluding ortho intramolecular Hbond substituents is 1. The average Bonchev–Trinajstić information content (AvgIpc) is 2.48. The number of hydrogen-bond acceptors (Lipinski definition) is 3. The molecule has 1 atom stereocenters. The number of nitrogens with one attached hydrogen (secondary N) is 1. The van der Waals surface area contributed by atoms with Gasteiger partial charge in [-0.3, -0.25) is 0 Å². The highest BCUT2D eigenvalue weighted by Crippen LogP contribution is 2.12. The zero-order valence-electron chi connectivity index (χ0n) is 11.9. The van der Waals surface area contributed by atoms with Crippen LogP contribution in [-0.2, 0) is 6.42 Å². The summed E-state index contributed by atoms with van der Waals surface area (Å²) in [6.07, 6.45) is 1.44. The first kappa shape index (κ1) is 17.5. The molecule has 3 nitrogen and oxygen atoms in total. The van der Waals surface area contributed by atoms with Crippen molar-refractivity contribution in [2.45, 2.75) is 18.9 Å². The van der Waals surface area contributed by atoms with Gasteiger partial charge in [0.05, 0.1) is 6.10 Å². The van der Waals surface area contributed by atoms with Crippen LogP contribution in [0.25, 0.3) is 0 Å². The lowest BCUT2D eigenvalue weighted by Gasteiger charge is -2.12. The Labute approximate surface area is 132 Å². The molecule has 0 aromatic heterocycles. The SMILES string of the molecule is Cl.Oc1cccc(CCCNCC(O)c2ccccc2)c1. The van der Waals surface area contributed by atoms with Gasteiger partial charge in [-0.05, 0) is 42.6 Å². The zero-order valence-corrected chi connectivity index (χ0v) is 12.7. The lowest BCUT2D eigenvalue weighted by Crippen LogP contribution is -2.22. The van der Waals surface area contributed by atoms with Gasteiger partial charge >= 0.3 is 0 Å². The van der Waals surface area contributed by atoms with Crippen LogP contribution >= 0.6 is 12.4 Å². The summed E-state index contributed by atoms with van der Waals surface area (Å²) >= 11 is 0. The molecule has 4 heteroatoms. The second-order valence-electron chi connectivity index (χ2n) is 4.90. The number of phenols is 1. The quantitative estimate of drug-likeness (QED) is 0.689. The average molecular weight is 308 g/mol. The van der Waals surface area contributed by atoms with Gasteiger partial charge < -0.3 is 15.5 Å². The summed E-state index contributed by atoms with van der Waals surface area (Å²) in [5, 5.41) is 22.6. The fourth-order valence-corrected chi connectivity index (χ4v) is 2.16. The minimum atomic E-state index is -0.461. The molecule has 0 heterocycles. The maximum atomic E-state index is 9.98. The van der Waals surface area contributed by atoms with E-state index in [2.05, 4.69) is 5.32 Å². The maximum absolute atomic E-state index is 9.98. The number of aliphatic hydroxyl groups is 1. The number of aliphatic hydroxyl groups excluding tert-OH is 1. The standard InChI is InChI=1S/C17H21NO2.ClH/c19-16-10-4-6-14(12-16)7-5-11-18-13-17(20)15-8-2-1-3-9-15;/h1-4,6,8-10,12,17-20H,5,7,11,13H2;1H. The van der Waals surface area contributed by atoms with Gasteiger partial charge in [0.15, 0.2) is 0 Å². The van der Waals surface area contributed by atoms with Gasteiger partial charge in [0.1, 0.15) is 5.75 Å². The summed E-state index contributed by atoms with van der Waals surface area (Å²) < 4.78 is 0. The predicted molar refractivity (Wildman–Crippen MR) is 87.9 cm³/mol. The van der Waals surface area contributed by atoms with Gasteiger partial charge in [0.25, 0.3) is 0 Å². The van der Waals surface area contributed by atoms with Gasteiger partial charge in [-0.2, -0.15) is 0 Å². The fourth-order valence-electron chi connectivity index (χ4n) is 2.16. The van der Waals surface area contributed by atoms with E-state index in [4.69, 9.17) is 0 Å². The topological polar surface area (TPSA) is 52.5 Å². The van der Waals surface area contributed by atoms with Crippen LogP contribution in [0.2, 0.25) is 0 Å². The first-order chi connectivity index (χ1) is 9.75. The van der Waals surface area contributed by atoms with E-state index in [1.165, 1.54) is 0 Å². The van der Waals surface area contributed by atoms with Crippen LogP contribution < -0.4 is 5.32 Å². The molecule has 0 bridgehead atoms. The highest BCUT2D eigenvalue weighted by Gasteiger charge is 2.05. The highest BCUT2D eigenvalue weighted by atomic mass is 35.5. The van der Waals surface area contributed by atoms with Crippen LogP contribution in [0.1, 0.15) is 23.7 Å². The minimum absolute atomic E-state index is 0. The third-order valence-electron chi connectivity index (χ3n) is 3.25. The van der Waals surface area contributed by atoms with E-state index >= 15 is 0 Å². The molecule has 2 aromatic carbocycles. The van der Waals surface area contributed by atoms with Crippen LogP contribution in [0.15, 0.2) is 54.6 Å². The summed E-state index contributed by atoms with van der Waals surface area (Å²) in [4.78, 5) is 0. The molecular formula is C17H22ClNO2. The van der Waals surface area contributed by atoms with Crippen LogP contribution in [0, 0.1) is 0 Å². The number of aryl methyl sites for hydroxylation is 1. The lowest BCUT2D eigenvalue weighted by atomic mass is 10.1. The van der Waals surface area contributed by atoms with Gasteiger partial charge in [-0.15, -0.1) is 12.4 Å². The van der Waals surface area contributed by atoms with Crippen molar-refractivity contribution in [2.75, 3.05) is 13.1 Å². The minimum Gasteiger partial charge on any atom is -0.508 e. The molecule has 0 aliphatic rings. The number of rotatable bonds is 7. The van der Waals surface area contributed by atoms with Gasteiger partial charge in [-0.1, -0.05) is 42.5 Å². The smallest absolute Gasteiger partial charge is 0.115 e. The van der Waals surface area contributed by atoms with Gasteiger partial charge in [0, 0.05) is 6.54 Å². The van der Waals surface area contributed by atoms with Gasteiger partial charge in [0.2, 0.25) is 0 Å². The molecule has 0 fully saturated rings. The van der Waals surface area contributed by atoms with Crippen LogP contribution in [0.3, 0.4) is 0 Å². The first-order valence-corrected chi connectivity index (χ1v) is 6.97. The molecule has 114 valence electrons. The molecule has 1 unspecified atom stereocenters. The molecule has 0 radical (unpaired) electrons. The molecule has 0 spiro atoms. The Morgan fingerprint density at radius 2 is 1.76 bits per heavy atom. The molecule has 0 saturated heterocycles. The van der Waals surface area contributed by atoms with Crippen molar-refractivity contribution in [3.8, 4) is 5.75 Å². The molecule has 2 aromatic rings. The predicted octanol–water partition coefficient (Wildman–Crippen LogP) is 3.07. The molecule has 0 aliphatic carbocycles. The van der Waals surface area contributed by atoms with Crippen molar-refractivity contribution < 1.29 is 10.2 Å². The highest BCUT2D eigenvalue weighted by molar-refractivity contribution is 5.85.